The van der Waals surface area contributed by atoms with Crippen LogP contribution in [0.3, 0.4) is 0 Å². The highest BCUT2D eigenvalue weighted by Gasteiger charge is 2.17. The molecule has 0 spiro atoms. The molecule has 1 heterocycles. The lowest BCUT2D eigenvalue weighted by molar-refractivity contribution is 0.0504. The van der Waals surface area contributed by atoms with E-state index in [1.807, 2.05) is 30.3 Å². The summed E-state index contributed by atoms with van der Waals surface area (Å²) in [5, 5.41) is 7.74. The van der Waals surface area contributed by atoms with Crippen molar-refractivity contribution in [1.29, 1.82) is 0 Å². The Bertz CT molecular complexity index is 566. The molecule has 0 fully saturated rings. The lowest BCUT2D eigenvalue weighted by Gasteiger charge is -2.09. The first-order valence-corrected chi connectivity index (χ1v) is 6.47. The Morgan fingerprint density at radius 1 is 1.25 bits per heavy atom. The van der Waals surface area contributed by atoms with Crippen molar-refractivity contribution in [2.24, 2.45) is 0 Å². The highest BCUT2D eigenvalue weighted by Crippen LogP contribution is 2.09. The first-order chi connectivity index (χ1) is 9.72. The average Bonchev–Trinajstić information content (AvgIpc) is 2.82. The molecule has 0 aliphatic rings. The van der Waals surface area contributed by atoms with Crippen LogP contribution in [0, 0.1) is 6.92 Å². The van der Waals surface area contributed by atoms with Gasteiger partial charge in [-0.05, 0) is 26.0 Å². The summed E-state index contributed by atoms with van der Waals surface area (Å²) in [7, 11) is 0. The highest BCUT2D eigenvalue weighted by atomic mass is 16.5. The average molecular weight is 275 g/mol. The number of ether oxygens (including phenoxy) is 2. The van der Waals surface area contributed by atoms with E-state index >= 15 is 0 Å². The normalized spacial score (nSPS) is 10.3. The van der Waals surface area contributed by atoms with Crippen molar-refractivity contribution in [2.75, 3.05) is 13.2 Å². The molecule has 0 aliphatic heterocycles. The van der Waals surface area contributed by atoms with Crippen LogP contribution in [0.25, 0.3) is 0 Å². The Morgan fingerprint density at radius 3 is 2.70 bits per heavy atom. The largest absolute Gasteiger partial charge is 0.492 e. The number of carbonyl (C=O) groups excluding carboxylic acids is 1. The van der Waals surface area contributed by atoms with E-state index in [1.165, 1.54) is 0 Å². The van der Waals surface area contributed by atoms with Crippen LogP contribution < -0.4 is 4.74 Å². The van der Waals surface area contributed by atoms with Crippen molar-refractivity contribution >= 4 is 5.97 Å². The van der Waals surface area contributed by atoms with Gasteiger partial charge in [-0.1, -0.05) is 18.2 Å². The van der Waals surface area contributed by atoms with Gasteiger partial charge in [0.1, 0.15) is 18.2 Å². The third-order valence-corrected chi connectivity index (χ3v) is 2.72. The molecular weight excluding hydrogens is 258 g/mol. The fourth-order valence-electron chi connectivity index (χ4n) is 1.77. The van der Waals surface area contributed by atoms with E-state index in [9.17, 15) is 4.79 Å². The molecule has 0 amide bonds. The van der Waals surface area contributed by atoms with Gasteiger partial charge >= 0.3 is 5.97 Å². The SMILES string of the molecule is CCOC(=O)c1nnc(C)n1CCOc1ccccc1. The van der Waals surface area contributed by atoms with Gasteiger partial charge in [0.2, 0.25) is 5.82 Å². The molecule has 0 radical (unpaired) electrons. The Labute approximate surface area is 117 Å². The van der Waals surface area contributed by atoms with Crippen molar-refractivity contribution < 1.29 is 14.3 Å². The fraction of sp³-hybridized carbons (Fsp3) is 0.357. The molecule has 0 unspecified atom stereocenters. The molecule has 0 saturated carbocycles. The van der Waals surface area contributed by atoms with Gasteiger partial charge in [0.25, 0.3) is 0 Å². The molecule has 106 valence electrons. The molecule has 2 aromatic rings. The fourth-order valence-corrected chi connectivity index (χ4v) is 1.77. The van der Waals surface area contributed by atoms with Gasteiger partial charge in [-0.15, -0.1) is 10.2 Å². The molecule has 0 saturated heterocycles. The number of benzene rings is 1. The number of hydrogen-bond donors (Lipinski definition) is 0. The minimum absolute atomic E-state index is 0.209. The minimum atomic E-state index is -0.465. The monoisotopic (exact) mass is 275 g/mol. The number of aromatic nitrogens is 3. The Morgan fingerprint density at radius 2 is 2.00 bits per heavy atom. The second kappa shape index (κ2) is 6.70. The van der Waals surface area contributed by atoms with Crippen LogP contribution in [-0.4, -0.2) is 33.9 Å². The molecule has 1 aromatic carbocycles. The highest BCUT2D eigenvalue weighted by molar-refractivity contribution is 5.85. The van der Waals surface area contributed by atoms with Crippen molar-refractivity contribution in [3.8, 4) is 5.75 Å². The smallest absolute Gasteiger partial charge is 0.376 e. The number of nitrogens with zero attached hydrogens (tertiary/aromatic N) is 3. The van der Waals surface area contributed by atoms with Gasteiger partial charge < -0.3 is 14.0 Å². The zero-order valence-corrected chi connectivity index (χ0v) is 11.6. The minimum Gasteiger partial charge on any atom is -0.492 e. The predicted octanol–water partition coefficient (Wildman–Crippen LogP) is 1.84. The van der Waals surface area contributed by atoms with Gasteiger partial charge in [-0.25, -0.2) is 4.79 Å². The topological polar surface area (TPSA) is 66.2 Å². The number of para-hydroxylation sites is 1. The number of carbonyl (C=O) groups is 1. The van der Waals surface area contributed by atoms with Gasteiger partial charge in [0, 0.05) is 0 Å². The third-order valence-electron chi connectivity index (χ3n) is 2.72. The van der Waals surface area contributed by atoms with Gasteiger partial charge in [0.05, 0.1) is 13.2 Å². The standard InChI is InChI=1S/C14H17N3O3/c1-3-19-14(18)13-16-15-11(2)17(13)9-10-20-12-7-5-4-6-8-12/h4-8H,3,9-10H2,1-2H3. The van der Waals surface area contributed by atoms with Gasteiger partial charge in [-0.3, -0.25) is 0 Å². The van der Waals surface area contributed by atoms with Crippen LogP contribution in [0.1, 0.15) is 23.4 Å². The second-order valence-electron chi connectivity index (χ2n) is 4.10. The van der Waals surface area contributed by atoms with Crippen LogP contribution in [-0.2, 0) is 11.3 Å². The van der Waals surface area contributed by atoms with Crippen molar-refractivity contribution in [3.63, 3.8) is 0 Å². The summed E-state index contributed by atoms with van der Waals surface area (Å²) < 4.78 is 12.2. The van der Waals surface area contributed by atoms with Crippen LogP contribution >= 0.6 is 0 Å². The van der Waals surface area contributed by atoms with Crippen molar-refractivity contribution in [3.05, 3.63) is 42.0 Å². The van der Waals surface area contributed by atoms with Crippen molar-refractivity contribution in [2.45, 2.75) is 20.4 Å². The summed E-state index contributed by atoms with van der Waals surface area (Å²) in [5.41, 5.74) is 0. The van der Waals surface area contributed by atoms with Crippen molar-refractivity contribution in [1.82, 2.24) is 14.8 Å². The molecular formula is C14H17N3O3. The summed E-state index contributed by atoms with van der Waals surface area (Å²) in [6, 6.07) is 9.50. The number of aryl methyl sites for hydroxylation is 1. The molecule has 0 bridgehead atoms. The lowest BCUT2D eigenvalue weighted by Crippen LogP contribution is -2.17. The Kier molecular flexibility index (Phi) is 4.70. The van der Waals surface area contributed by atoms with E-state index in [2.05, 4.69) is 10.2 Å². The summed E-state index contributed by atoms with van der Waals surface area (Å²) in [6.07, 6.45) is 0. The van der Waals surface area contributed by atoms with Crippen LogP contribution in [0.4, 0.5) is 0 Å². The summed E-state index contributed by atoms with van der Waals surface area (Å²) in [4.78, 5) is 11.7. The van der Waals surface area contributed by atoms with Crippen LogP contribution in [0.2, 0.25) is 0 Å². The number of rotatable bonds is 6. The maximum absolute atomic E-state index is 11.7. The summed E-state index contributed by atoms with van der Waals surface area (Å²) in [5.74, 6) is 1.19. The Hall–Kier alpha value is -2.37. The maximum atomic E-state index is 11.7. The number of hydrogen-bond acceptors (Lipinski definition) is 5. The molecule has 20 heavy (non-hydrogen) atoms. The molecule has 0 aliphatic carbocycles. The van der Waals surface area contributed by atoms with E-state index < -0.39 is 5.97 Å². The van der Waals surface area contributed by atoms with Crippen LogP contribution in [0.15, 0.2) is 30.3 Å². The molecule has 6 nitrogen and oxygen atoms in total. The molecule has 2 rings (SSSR count). The molecule has 6 heteroatoms. The molecule has 0 atom stereocenters. The first-order valence-electron chi connectivity index (χ1n) is 6.47. The molecule has 1 aromatic heterocycles. The summed E-state index contributed by atoms with van der Waals surface area (Å²) >= 11 is 0. The van der Waals surface area contributed by atoms with E-state index in [4.69, 9.17) is 9.47 Å². The quantitative estimate of drug-likeness (QED) is 0.753. The van der Waals surface area contributed by atoms with E-state index in [0.717, 1.165) is 5.75 Å². The van der Waals surface area contributed by atoms with Crippen LogP contribution in [0.5, 0.6) is 5.75 Å². The van der Waals surface area contributed by atoms with E-state index in [1.54, 1.807) is 18.4 Å². The van der Waals surface area contributed by atoms with Gasteiger partial charge in [-0.2, -0.15) is 0 Å². The zero-order valence-electron chi connectivity index (χ0n) is 11.6. The summed E-state index contributed by atoms with van der Waals surface area (Å²) in [6.45, 7) is 4.77. The third kappa shape index (κ3) is 3.34. The first kappa shape index (κ1) is 14.0. The van der Waals surface area contributed by atoms with Gasteiger partial charge in [0.15, 0.2) is 0 Å². The van der Waals surface area contributed by atoms with E-state index in [-0.39, 0.29) is 5.82 Å². The molecule has 0 N–H and O–H groups in total. The Balaban J connectivity index is 1.99. The predicted molar refractivity (Wildman–Crippen MR) is 72.7 cm³/mol. The maximum Gasteiger partial charge on any atom is 0.376 e. The lowest BCUT2D eigenvalue weighted by atomic mass is 10.3. The number of esters is 1. The second-order valence-corrected chi connectivity index (χ2v) is 4.10. The van der Waals surface area contributed by atoms with E-state index in [0.29, 0.717) is 25.6 Å². The zero-order chi connectivity index (χ0) is 14.4.